The zero-order chi connectivity index (χ0) is 20.1. The predicted octanol–water partition coefficient (Wildman–Crippen LogP) is 3.66. The number of pyridine rings is 1. The van der Waals surface area contributed by atoms with Crippen molar-refractivity contribution in [3.63, 3.8) is 0 Å². The molecule has 3 rings (SSSR count). The van der Waals surface area contributed by atoms with Crippen molar-refractivity contribution < 1.29 is 14.6 Å². The lowest BCUT2D eigenvalue weighted by molar-refractivity contribution is 0.0958. The smallest absolute Gasteiger partial charge is 0.269 e. The van der Waals surface area contributed by atoms with Crippen molar-refractivity contribution in [2.75, 3.05) is 19.0 Å². The van der Waals surface area contributed by atoms with Crippen LogP contribution in [0.5, 0.6) is 11.5 Å². The molecule has 0 fully saturated rings. The summed E-state index contributed by atoms with van der Waals surface area (Å²) in [6.45, 7) is 4.32. The second kappa shape index (κ2) is 8.99. The van der Waals surface area contributed by atoms with Crippen molar-refractivity contribution in [3.8, 4) is 11.5 Å². The molecule has 1 atom stereocenters. The van der Waals surface area contributed by atoms with Crippen LogP contribution in [0.15, 0.2) is 36.5 Å². The van der Waals surface area contributed by atoms with Gasteiger partial charge in [-0.2, -0.15) is 0 Å². The Labute approximate surface area is 167 Å². The van der Waals surface area contributed by atoms with Crippen LogP contribution in [-0.2, 0) is 0 Å². The van der Waals surface area contributed by atoms with Crippen molar-refractivity contribution in [1.82, 2.24) is 15.3 Å². The van der Waals surface area contributed by atoms with E-state index >= 15 is 0 Å². The minimum atomic E-state index is -0.265. The summed E-state index contributed by atoms with van der Waals surface area (Å²) in [6, 6.07) is 8.92. The molecule has 0 aliphatic carbocycles. The molecule has 7 nitrogen and oxygen atoms in total. The molecule has 1 aromatic carbocycles. The third-order valence-corrected chi connectivity index (χ3v) is 5.04. The van der Waals surface area contributed by atoms with E-state index in [0.717, 1.165) is 21.8 Å². The van der Waals surface area contributed by atoms with Crippen LogP contribution >= 0.6 is 11.3 Å². The summed E-state index contributed by atoms with van der Waals surface area (Å²) in [5, 5.41) is 16.2. The fraction of sp³-hybridized carbons (Fsp3) is 0.350. The topological polar surface area (TPSA) is 96.4 Å². The summed E-state index contributed by atoms with van der Waals surface area (Å²) in [7, 11) is 1.56. The van der Waals surface area contributed by atoms with Crippen LogP contribution < -0.4 is 15.4 Å². The van der Waals surface area contributed by atoms with Gasteiger partial charge in [-0.25, -0.2) is 4.98 Å². The lowest BCUT2D eigenvalue weighted by atomic mass is 10.0. The monoisotopic (exact) mass is 400 g/mol. The van der Waals surface area contributed by atoms with Gasteiger partial charge in [-0.05, 0) is 30.5 Å². The number of aliphatic hydroxyl groups is 1. The summed E-state index contributed by atoms with van der Waals surface area (Å²) in [5.74, 6) is 1.41. The number of hydrogen-bond donors (Lipinski definition) is 3. The first-order chi connectivity index (χ1) is 13.5. The molecular weight excluding hydrogens is 376 g/mol. The van der Waals surface area contributed by atoms with Crippen LogP contribution in [0.3, 0.4) is 0 Å². The highest BCUT2D eigenvalue weighted by atomic mass is 32.1. The number of carbonyl (C=O) groups excluding carboxylic acids is 1. The highest BCUT2D eigenvalue weighted by Crippen LogP contribution is 2.32. The number of hydrogen-bond acceptors (Lipinski definition) is 7. The second-order valence-corrected chi connectivity index (χ2v) is 7.89. The Balaban J connectivity index is 1.76. The average molecular weight is 401 g/mol. The van der Waals surface area contributed by atoms with E-state index in [2.05, 4.69) is 34.4 Å². The van der Waals surface area contributed by atoms with Crippen molar-refractivity contribution in [1.29, 1.82) is 0 Å². The van der Waals surface area contributed by atoms with E-state index in [1.807, 2.05) is 18.2 Å². The molecule has 28 heavy (non-hydrogen) atoms. The van der Waals surface area contributed by atoms with Gasteiger partial charge in [0, 0.05) is 25.4 Å². The summed E-state index contributed by atoms with van der Waals surface area (Å²) in [6.07, 6.45) is 2.41. The van der Waals surface area contributed by atoms with Crippen LogP contribution in [0.1, 0.15) is 30.8 Å². The van der Waals surface area contributed by atoms with Crippen LogP contribution in [-0.4, -0.2) is 40.7 Å². The number of anilines is 1. The maximum atomic E-state index is 11.7. The van der Waals surface area contributed by atoms with E-state index in [4.69, 9.17) is 4.74 Å². The van der Waals surface area contributed by atoms with Gasteiger partial charge < -0.3 is 20.5 Å². The van der Waals surface area contributed by atoms with Gasteiger partial charge >= 0.3 is 0 Å². The largest absolute Gasteiger partial charge is 0.457 e. The molecule has 8 heteroatoms. The molecule has 0 bridgehead atoms. The van der Waals surface area contributed by atoms with Crippen molar-refractivity contribution >= 4 is 32.6 Å². The van der Waals surface area contributed by atoms with Gasteiger partial charge in [-0.3, -0.25) is 9.78 Å². The number of ether oxygens (including phenoxy) is 1. The number of aliphatic hydroxyl groups excluding tert-OH is 1. The zero-order valence-corrected chi connectivity index (χ0v) is 16.9. The van der Waals surface area contributed by atoms with E-state index < -0.39 is 0 Å². The molecule has 3 aromatic rings. The SMILES string of the molecule is CNC(=O)c1cc(Oc2ccc3nc(N[C@H](CO)CC(C)C)sc3c2)ccn1. The normalized spacial score (nSPS) is 12.2. The predicted molar refractivity (Wildman–Crippen MR) is 111 cm³/mol. The van der Waals surface area contributed by atoms with Gasteiger partial charge in [-0.15, -0.1) is 0 Å². The van der Waals surface area contributed by atoms with E-state index in [0.29, 0.717) is 23.1 Å². The molecule has 3 N–H and O–H groups in total. The van der Waals surface area contributed by atoms with Gasteiger partial charge in [-0.1, -0.05) is 25.2 Å². The van der Waals surface area contributed by atoms with Crippen molar-refractivity contribution in [2.24, 2.45) is 5.92 Å². The lowest BCUT2D eigenvalue weighted by Gasteiger charge is -2.17. The molecule has 0 spiro atoms. The number of aromatic nitrogens is 2. The molecule has 0 aliphatic heterocycles. The van der Waals surface area contributed by atoms with Gasteiger partial charge in [0.15, 0.2) is 5.13 Å². The fourth-order valence-electron chi connectivity index (χ4n) is 2.82. The molecule has 0 aliphatic rings. The summed E-state index contributed by atoms with van der Waals surface area (Å²) < 4.78 is 6.86. The molecule has 148 valence electrons. The average Bonchev–Trinajstić information content (AvgIpc) is 3.08. The molecular formula is C20H24N4O3S. The quantitative estimate of drug-likeness (QED) is 0.534. The first-order valence-corrected chi connectivity index (χ1v) is 9.94. The first kappa shape index (κ1) is 20.0. The Hall–Kier alpha value is -2.71. The van der Waals surface area contributed by atoms with Crippen LogP contribution in [0.2, 0.25) is 0 Å². The van der Waals surface area contributed by atoms with Crippen molar-refractivity contribution in [2.45, 2.75) is 26.3 Å². The number of carbonyl (C=O) groups is 1. The highest BCUT2D eigenvalue weighted by Gasteiger charge is 2.13. The number of nitrogens with zero attached hydrogens (tertiary/aromatic N) is 2. The van der Waals surface area contributed by atoms with Gasteiger partial charge in [0.05, 0.1) is 22.9 Å². The number of nitrogens with one attached hydrogen (secondary N) is 2. The number of benzene rings is 1. The van der Waals surface area contributed by atoms with E-state index in [1.54, 1.807) is 19.2 Å². The molecule has 1 amide bonds. The third kappa shape index (κ3) is 4.96. The molecule has 2 aromatic heterocycles. The van der Waals surface area contributed by atoms with Crippen molar-refractivity contribution in [3.05, 3.63) is 42.2 Å². The minimum absolute atomic E-state index is 0.0174. The maximum Gasteiger partial charge on any atom is 0.269 e. The number of fused-ring (bicyclic) bond motifs is 1. The zero-order valence-electron chi connectivity index (χ0n) is 16.1. The highest BCUT2D eigenvalue weighted by molar-refractivity contribution is 7.22. The standard InChI is InChI=1S/C20H24N4O3S/c1-12(2)8-13(11-25)23-20-24-16-5-4-14(10-18(16)28-20)27-15-6-7-22-17(9-15)19(26)21-3/h4-7,9-10,12-13,25H,8,11H2,1-3H3,(H,21,26)(H,23,24)/t13-/m0/s1. The van der Waals surface area contributed by atoms with Gasteiger partial charge in [0.2, 0.25) is 0 Å². The van der Waals surface area contributed by atoms with E-state index in [9.17, 15) is 9.90 Å². The summed E-state index contributed by atoms with van der Waals surface area (Å²) >= 11 is 1.51. The number of amides is 1. The van der Waals surface area contributed by atoms with Crippen LogP contribution in [0.25, 0.3) is 10.2 Å². The van der Waals surface area contributed by atoms with Crippen LogP contribution in [0, 0.1) is 5.92 Å². The Kier molecular flexibility index (Phi) is 6.43. The molecule has 0 saturated heterocycles. The lowest BCUT2D eigenvalue weighted by Crippen LogP contribution is -2.25. The Morgan fingerprint density at radius 2 is 2.04 bits per heavy atom. The van der Waals surface area contributed by atoms with Crippen LogP contribution in [0.4, 0.5) is 5.13 Å². The maximum absolute atomic E-state index is 11.7. The molecule has 0 radical (unpaired) electrons. The summed E-state index contributed by atoms with van der Waals surface area (Å²) in [4.78, 5) is 20.3. The Bertz CT molecular complexity index is 958. The number of rotatable bonds is 8. The second-order valence-electron chi connectivity index (χ2n) is 6.86. The molecule has 0 saturated carbocycles. The first-order valence-electron chi connectivity index (χ1n) is 9.12. The molecule has 2 heterocycles. The summed E-state index contributed by atoms with van der Waals surface area (Å²) in [5.41, 5.74) is 1.16. The van der Waals surface area contributed by atoms with E-state index in [1.165, 1.54) is 17.5 Å². The van der Waals surface area contributed by atoms with E-state index in [-0.39, 0.29) is 18.6 Å². The fourth-order valence-corrected chi connectivity index (χ4v) is 3.79. The Morgan fingerprint density at radius 3 is 2.75 bits per heavy atom. The molecule has 0 unspecified atom stereocenters. The third-order valence-electron chi connectivity index (χ3n) is 4.09. The van der Waals surface area contributed by atoms with Gasteiger partial charge in [0.1, 0.15) is 17.2 Å². The van der Waals surface area contributed by atoms with Gasteiger partial charge in [0.25, 0.3) is 5.91 Å². The Morgan fingerprint density at radius 1 is 1.25 bits per heavy atom. The number of thiazole rings is 1. The minimum Gasteiger partial charge on any atom is -0.457 e.